The molecule has 7 nitrogen and oxygen atoms in total. The van der Waals surface area contributed by atoms with Gasteiger partial charge in [-0.3, -0.25) is 9.59 Å². The van der Waals surface area contributed by atoms with E-state index in [1.807, 2.05) is 41.5 Å². The molecule has 1 unspecified atom stereocenters. The van der Waals surface area contributed by atoms with Crippen molar-refractivity contribution in [1.29, 1.82) is 0 Å². The molecule has 0 fully saturated rings. The normalized spacial score (nSPS) is 14.0. The zero-order valence-corrected chi connectivity index (χ0v) is 14.9. The summed E-state index contributed by atoms with van der Waals surface area (Å²) in [6.07, 6.45) is -0.981. The lowest BCUT2D eigenvalue weighted by atomic mass is 9.62. The van der Waals surface area contributed by atoms with Crippen LogP contribution < -0.4 is 5.32 Å². The summed E-state index contributed by atoms with van der Waals surface area (Å²) < 4.78 is 9.93. The molecule has 0 rings (SSSR count). The van der Waals surface area contributed by atoms with Crippen LogP contribution in [0.2, 0.25) is 0 Å². The van der Waals surface area contributed by atoms with Crippen LogP contribution in [0.3, 0.4) is 0 Å². The third-order valence-corrected chi connectivity index (χ3v) is 4.29. The van der Waals surface area contributed by atoms with E-state index in [2.05, 4.69) is 10.1 Å². The Morgan fingerprint density at radius 1 is 1.04 bits per heavy atom. The van der Waals surface area contributed by atoms with E-state index < -0.39 is 17.5 Å². The van der Waals surface area contributed by atoms with Gasteiger partial charge in [0.2, 0.25) is 0 Å². The molecule has 1 atom stereocenters. The zero-order valence-electron chi connectivity index (χ0n) is 14.9. The van der Waals surface area contributed by atoms with Crippen LogP contribution in [-0.2, 0) is 19.1 Å². The molecule has 2 N–H and O–H groups in total. The molecule has 0 spiro atoms. The number of carbonyl (C=O) groups excluding carboxylic acids is 2. The van der Waals surface area contributed by atoms with Crippen molar-refractivity contribution < 1.29 is 29.0 Å². The molecule has 134 valence electrons. The average molecular weight is 331 g/mol. The number of nitrogens with one attached hydrogen (secondary N) is 1. The van der Waals surface area contributed by atoms with Gasteiger partial charge in [0.05, 0.1) is 18.4 Å². The highest BCUT2D eigenvalue weighted by Crippen LogP contribution is 2.45. The second-order valence-corrected chi connectivity index (χ2v) is 6.95. The maximum Gasteiger partial charge on any atom is 0.407 e. The highest BCUT2D eigenvalue weighted by Gasteiger charge is 2.47. The summed E-state index contributed by atoms with van der Waals surface area (Å²) in [5.41, 5.74) is -0.906. The number of amides is 1. The number of alkyl carbamates (subject to hydrolysis) is 1. The molecule has 0 aromatic carbocycles. The average Bonchev–Trinajstić information content (AvgIpc) is 2.40. The molecule has 0 aliphatic rings. The Morgan fingerprint density at radius 3 is 2.04 bits per heavy atom. The van der Waals surface area contributed by atoms with Crippen LogP contribution >= 0.6 is 0 Å². The van der Waals surface area contributed by atoms with E-state index in [1.54, 1.807) is 0 Å². The SMILES string of the molecule is CC(C)C(C)(C(=O)OCCNC(=O)OCCC(=O)O)C(C)(C)C. The summed E-state index contributed by atoms with van der Waals surface area (Å²) in [4.78, 5) is 34.0. The minimum absolute atomic E-state index is 0.0330. The Balaban J connectivity index is 4.24. The number of carbonyl (C=O) groups is 3. The van der Waals surface area contributed by atoms with E-state index in [1.165, 1.54) is 0 Å². The summed E-state index contributed by atoms with van der Waals surface area (Å²) >= 11 is 0. The Morgan fingerprint density at radius 2 is 1.61 bits per heavy atom. The summed E-state index contributed by atoms with van der Waals surface area (Å²) in [7, 11) is 0. The van der Waals surface area contributed by atoms with E-state index in [0.717, 1.165) is 0 Å². The fourth-order valence-corrected chi connectivity index (χ4v) is 2.14. The lowest BCUT2D eigenvalue weighted by Crippen LogP contribution is -2.46. The van der Waals surface area contributed by atoms with Crippen molar-refractivity contribution in [1.82, 2.24) is 5.32 Å². The van der Waals surface area contributed by atoms with Crippen molar-refractivity contribution in [3.8, 4) is 0 Å². The van der Waals surface area contributed by atoms with E-state index in [9.17, 15) is 14.4 Å². The largest absolute Gasteiger partial charge is 0.481 e. The van der Waals surface area contributed by atoms with Crippen molar-refractivity contribution in [3.63, 3.8) is 0 Å². The summed E-state index contributed by atoms with van der Waals surface area (Å²) in [5, 5.41) is 10.8. The van der Waals surface area contributed by atoms with E-state index in [0.29, 0.717) is 0 Å². The molecule has 7 heteroatoms. The standard InChI is InChI=1S/C16H29NO6/c1-11(2)16(6,15(3,4)5)13(20)22-10-8-17-14(21)23-9-7-12(18)19/h11H,7-10H2,1-6H3,(H,17,21)(H,18,19). The summed E-state index contributed by atoms with van der Waals surface area (Å²) in [5.74, 6) is -1.24. The Labute approximate surface area is 137 Å². The molecule has 0 saturated carbocycles. The van der Waals surface area contributed by atoms with Crippen LogP contribution in [0, 0.1) is 16.7 Å². The van der Waals surface area contributed by atoms with Gasteiger partial charge in [-0.2, -0.15) is 0 Å². The van der Waals surface area contributed by atoms with Gasteiger partial charge in [-0.15, -0.1) is 0 Å². The number of hydrogen-bond acceptors (Lipinski definition) is 5. The minimum atomic E-state index is -1.04. The van der Waals surface area contributed by atoms with Crippen LogP contribution in [-0.4, -0.2) is 42.9 Å². The number of aliphatic carboxylic acids is 1. The number of hydrogen-bond donors (Lipinski definition) is 2. The minimum Gasteiger partial charge on any atom is -0.481 e. The van der Waals surface area contributed by atoms with Crippen LogP contribution in [0.4, 0.5) is 4.79 Å². The first-order valence-electron chi connectivity index (χ1n) is 7.72. The quantitative estimate of drug-likeness (QED) is 0.523. The van der Waals surface area contributed by atoms with Crippen LogP contribution in [0.25, 0.3) is 0 Å². The molecule has 0 bridgehead atoms. The molecule has 0 radical (unpaired) electrons. The maximum atomic E-state index is 12.4. The monoisotopic (exact) mass is 331 g/mol. The smallest absolute Gasteiger partial charge is 0.407 e. The first-order valence-corrected chi connectivity index (χ1v) is 7.72. The Hall–Kier alpha value is -1.79. The highest BCUT2D eigenvalue weighted by atomic mass is 16.6. The highest BCUT2D eigenvalue weighted by molar-refractivity contribution is 5.77. The predicted octanol–water partition coefficient (Wildman–Crippen LogP) is 2.44. The third kappa shape index (κ3) is 6.46. The number of esters is 1. The van der Waals surface area contributed by atoms with Crippen molar-refractivity contribution in [2.75, 3.05) is 19.8 Å². The molecule has 23 heavy (non-hydrogen) atoms. The Kier molecular flexibility index (Phi) is 8.06. The number of rotatable bonds is 8. The number of ether oxygens (including phenoxy) is 2. The van der Waals surface area contributed by atoms with Crippen molar-refractivity contribution >= 4 is 18.0 Å². The van der Waals surface area contributed by atoms with Crippen molar-refractivity contribution in [2.45, 2.75) is 48.0 Å². The van der Waals surface area contributed by atoms with Gasteiger partial charge < -0.3 is 19.9 Å². The predicted molar refractivity (Wildman–Crippen MR) is 85.0 cm³/mol. The van der Waals surface area contributed by atoms with Gasteiger partial charge in [-0.25, -0.2) is 4.79 Å². The second-order valence-electron chi connectivity index (χ2n) is 6.95. The van der Waals surface area contributed by atoms with Gasteiger partial charge in [0.25, 0.3) is 0 Å². The zero-order chi connectivity index (χ0) is 18.3. The molecule has 0 saturated heterocycles. The fraction of sp³-hybridized carbons (Fsp3) is 0.812. The molecule has 0 aromatic rings. The summed E-state index contributed by atoms with van der Waals surface area (Å²) in [6, 6.07) is 0. The molecule has 0 aromatic heterocycles. The molecule has 0 heterocycles. The van der Waals surface area contributed by atoms with Gasteiger partial charge in [-0.05, 0) is 18.3 Å². The van der Waals surface area contributed by atoms with E-state index in [-0.39, 0.29) is 43.5 Å². The topological polar surface area (TPSA) is 102 Å². The first-order chi connectivity index (χ1) is 10.4. The molecular formula is C16H29NO6. The van der Waals surface area contributed by atoms with Crippen molar-refractivity contribution in [3.05, 3.63) is 0 Å². The van der Waals surface area contributed by atoms with Gasteiger partial charge in [0, 0.05) is 0 Å². The molecule has 0 aliphatic carbocycles. The maximum absolute atomic E-state index is 12.4. The van der Waals surface area contributed by atoms with E-state index >= 15 is 0 Å². The number of carboxylic acids is 1. The second kappa shape index (κ2) is 8.74. The fourth-order valence-electron chi connectivity index (χ4n) is 2.14. The van der Waals surface area contributed by atoms with Gasteiger partial charge in [-0.1, -0.05) is 34.6 Å². The van der Waals surface area contributed by atoms with Crippen LogP contribution in [0.1, 0.15) is 48.0 Å². The number of carboxylic acid groups (broad SMARTS) is 1. The van der Waals surface area contributed by atoms with Gasteiger partial charge in [0.15, 0.2) is 0 Å². The van der Waals surface area contributed by atoms with E-state index in [4.69, 9.17) is 9.84 Å². The van der Waals surface area contributed by atoms with Crippen LogP contribution in [0.15, 0.2) is 0 Å². The van der Waals surface area contributed by atoms with Gasteiger partial charge in [0.1, 0.15) is 13.2 Å². The van der Waals surface area contributed by atoms with Crippen molar-refractivity contribution in [2.24, 2.45) is 16.7 Å². The molecular weight excluding hydrogens is 302 g/mol. The molecule has 0 aliphatic heterocycles. The van der Waals surface area contributed by atoms with Crippen LogP contribution in [0.5, 0.6) is 0 Å². The Bertz CT molecular complexity index is 427. The lowest BCUT2D eigenvalue weighted by molar-refractivity contribution is -0.166. The van der Waals surface area contributed by atoms with Gasteiger partial charge >= 0.3 is 18.0 Å². The molecule has 1 amide bonds. The lowest BCUT2D eigenvalue weighted by Gasteiger charge is -2.42. The third-order valence-electron chi connectivity index (χ3n) is 4.29. The summed E-state index contributed by atoms with van der Waals surface area (Å²) in [6.45, 7) is 11.8. The first kappa shape index (κ1) is 21.2.